The van der Waals surface area contributed by atoms with E-state index in [1.165, 1.54) is 34.2 Å². The summed E-state index contributed by atoms with van der Waals surface area (Å²) in [6.45, 7) is 0.889. The number of thiophene rings is 2. The van der Waals surface area contributed by atoms with Gasteiger partial charge in [-0.3, -0.25) is 0 Å². The van der Waals surface area contributed by atoms with Crippen LogP contribution in [0.25, 0.3) is 10.1 Å². The van der Waals surface area contributed by atoms with Crippen molar-refractivity contribution in [3.63, 3.8) is 0 Å². The minimum absolute atomic E-state index is 0.889. The van der Waals surface area contributed by atoms with Gasteiger partial charge in [-0.25, -0.2) is 4.98 Å². The van der Waals surface area contributed by atoms with Crippen LogP contribution in [0, 0.1) is 0 Å². The first-order valence-corrected chi connectivity index (χ1v) is 8.26. The summed E-state index contributed by atoms with van der Waals surface area (Å²) in [4.78, 5) is 7.48. The predicted molar refractivity (Wildman–Crippen MR) is 83.3 cm³/mol. The van der Waals surface area contributed by atoms with Gasteiger partial charge in [0.2, 0.25) is 0 Å². The lowest BCUT2D eigenvalue weighted by Gasteiger charge is -2.05. The summed E-state index contributed by atoms with van der Waals surface area (Å²) in [6.07, 6.45) is 5.77. The normalized spacial score (nSPS) is 13.9. The highest BCUT2D eigenvalue weighted by Crippen LogP contribution is 2.31. The van der Waals surface area contributed by atoms with E-state index in [1.807, 2.05) is 17.5 Å². The van der Waals surface area contributed by atoms with Gasteiger partial charge in [0, 0.05) is 26.0 Å². The molecule has 4 heteroatoms. The summed E-state index contributed by atoms with van der Waals surface area (Å²) in [5.74, 6) is 1.01. The highest BCUT2D eigenvalue weighted by molar-refractivity contribution is 7.17. The molecule has 0 fully saturated rings. The third-order valence-electron chi connectivity index (χ3n) is 3.61. The fourth-order valence-corrected chi connectivity index (χ4v) is 4.67. The molecule has 3 aromatic rings. The Bertz CT molecular complexity index is 705. The van der Waals surface area contributed by atoms with Crippen molar-refractivity contribution in [1.82, 2.24) is 4.98 Å². The van der Waals surface area contributed by atoms with Crippen LogP contribution < -0.4 is 5.32 Å². The molecule has 1 aliphatic carbocycles. The van der Waals surface area contributed by atoms with Gasteiger partial charge in [0.15, 0.2) is 0 Å². The van der Waals surface area contributed by atoms with Gasteiger partial charge < -0.3 is 5.32 Å². The van der Waals surface area contributed by atoms with Crippen molar-refractivity contribution >= 4 is 38.6 Å². The molecule has 0 atom stereocenters. The summed E-state index contributed by atoms with van der Waals surface area (Å²) in [5.41, 5.74) is 1.57. The topological polar surface area (TPSA) is 24.9 Å². The van der Waals surface area contributed by atoms with E-state index < -0.39 is 0 Å². The molecule has 2 nitrogen and oxygen atoms in total. The molecular formula is C15H14N2S2. The number of nitrogens with zero attached hydrogens (tertiary/aromatic N) is 1. The summed E-state index contributed by atoms with van der Waals surface area (Å²) in [5, 5.41) is 6.84. The number of aryl methyl sites for hydroxylation is 2. The molecular weight excluding hydrogens is 272 g/mol. The average Bonchev–Trinajstić information content (AvgIpc) is 3.10. The Kier molecular flexibility index (Phi) is 2.78. The Morgan fingerprint density at radius 3 is 3.21 bits per heavy atom. The molecule has 0 saturated carbocycles. The number of anilines is 1. The van der Waals surface area contributed by atoms with Crippen LogP contribution in [0.5, 0.6) is 0 Å². The quantitative estimate of drug-likeness (QED) is 0.769. The lowest BCUT2D eigenvalue weighted by atomic mass is 10.2. The van der Waals surface area contributed by atoms with Crippen molar-refractivity contribution in [3.05, 3.63) is 45.1 Å². The lowest BCUT2D eigenvalue weighted by molar-refractivity contribution is 0.913. The van der Waals surface area contributed by atoms with Crippen molar-refractivity contribution in [2.75, 3.05) is 5.32 Å². The average molecular weight is 286 g/mol. The van der Waals surface area contributed by atoms with E-state index in [-0.39, 0.29) is 0 Å². The fourth-order valence-electron chi connectivity index (χ4n) is 2.68. The number of nitrogens with one attached hydrogen (secondary N) is 1. The fraction of sp³-hybridized carbons (Fsp3) is 0.267. The Hall–Kier alpha value is -1.39. The van der Waals surface area contributed by atoms with E-state index >= 15 is 0 Å². The van der Waals surface area contributed by atoms with E-state index in [0.29, 0.717) is 0 Å². The number of pyridine rings is 1. The SMILES string of the molecule is c1cc2sccc2c(NCc2cc3c(s2)CCC3)n1. The van der Waals surface area contributed by atoms with Crippen LogP contribution in [0.3, 0.4) is 0 Å². The Balaban J connectivity index is 1.56. The van der Waals surface area contributed by atoms with Gasteiger partial charge in [-0.2, -0.15) is 0 Å². The molecule has 0 saturated heterocycles. The summed E-state index contributed by atoms with van der Waals surface area (Å²) >= 11 is 3.73. The number of hydrogen-bond acceptors (Lipinski definition) is 4. The van der Waals surface area contributed by atoms with Gasteiger partial charge >= 0.3 is 0 Å². The van der Waals surface area contributed by atoms with Gasteiger partial charge in [0.05, 0.1) is 6.54 Å². The largest absolute Gasteiger partial charge is 0.365 e. The van der Waals surface area contributed by atoms with Crippen LogP contribution in [0.4, 0.5) is 5.82 Å². The molecule has 1 N–H and O–H groups in total. The van der Waals surface area contributed by atoms with E-state index in [2.05, 4.69) is 33.9 Å². The molecule has 0 aliphatic heterocycles. The zero-order chi connectivity index (χ0) is 12.7. The predicted octanol–water partition coefficient (Wildman–Crippen LogP) is 4.46. The number of fused-ring (bicyclic) bond motifs is 2. The minimum Gasteiger partial charge on any atom is -0.365 e. The summed E-state index contributed by atoms with van der Waals surface area (Å²) in [7, 11) is 0. The molecule has 0 bridgehead atoms. The van der Waals surface area contributed by atoms with Gasteiger partial charge in [0.25, 0.3) is 0 Å². The second-order valence-corrected chi connectivity index (χ2v) is 7.03. The van der Waals surface area contributed by atoms with E-state index in [1.54, 1.807) is 21.8 Å². The van der Waals surface area contributed by atoms with Crippen LogP contribution in [-0.4, -0.2) is 4.98 Å². The molecule has 3 heterocycles. The van der Waals surface area contributed by atoms with Crippen molar-refractivity contribution in [1.29, 1.82) is 0 Å². The van der Waals surface area contributed by atoms with Crippen molar-refractivity contribution in [2.24, 2.45) is 0 Å². The van der Waals surface area contributed by atoms with Gasteiger partial charge in [-0.1, -0.05) is 0 Å². The second-order valence-electron chi connectivity index (χ2n) is 4.86. The first-order chi connectivity index (χ1) is 9.40. The Labute approximate surface area is 120 Å². The standard InChI is InChI=1S/C15H14N2S2/c1-2-10-8-11(19-13(10)3-1)9-17-15-12-5-7-18-14(12)4-6-16-15/h4-8H,1-3,9H2,(H,16,17). The monoisotopic (exact) mass is 286 g/mol. The number of rotatable bonds is 3. The molecule has 0 radical (unpaired) electrons. The zero-order valence-corrected chi connectivity index (χ0v) is 12.1. The highest BCUT2D eigenvalue weighted by Gasteiger charge is 2.14. The smallest absolute Gasteiger partial charge is 0.134 e. The van der Waals surface area contributed by atoms with Crippen molar-refractivity contribution in [3.8, 4) is 0 Å². The molecule has 0 aromatic carbocycles. The van der Waals surface area contributed by atoms with Crippen LogP contribution in [0.1, 0.15) is 21.7 Å². The Morgan fingerprint density at radius 2 is 2.26 bits per heavy atom. The maximum absolute atomic E-state index is 4.46. The molecule has 96 valence electrons. The maximum Gasteiger partial charge on any atom is 0.134 e. The van der Waals surface area contributed by atoms with E-state index in [0.717, 1.165) is 12.4 Å². The molecule has 19 heavy (non-hydrogen) atoms. The number of hydrogen-bond donors (Lipinski definition) is 1. The summed E-state index contributed by atoms with van der Waals surface area (Å²) in [6, 6.07) is 6.59. The van der Waals surface area contributed by atoms with E-state index in [4.69, 9.17) is 0 Å². The van der Waals surface area contributed by atoms with Gasteiger partial charge in [-0.05, 0) is 48.4 Å². The minimum atomic E-state index is 0.889. The molecule has 0 spiro atoms. The molecule has 3 aromatic heterocycles. The molecule has 4 rings (SSSR count). The Morgan fingerprint density at radius 1 is 1.26 bits per heavy atom. The van der Waals surface area contributed by atoms with Gasteiger partial charge in [-0.15, -0.1) is 22.7 Å². The van der Waals surface area contributed by atoms with Crippen molar-refractivity contribution in [2.45, 2.75) is 25.8 Å². The second kappa shape index (κ2) is 4.62. The van der Waals surface area contributed by atoms with Crippen molar-refractivity contribution < 1.29 is 0 Å². The molecule has 0 unspecified atom stereocenters. The first kappa shape index (κ1) is 11.4. The molecule has 0 amide bonds. The van der Waals surface area contributed by atoms with Crippen LogP contribution in [-0.2, 0) is 19.4 Å². The zero-order valence-electron chi connectivity index (χ0n) is 10.5. The number of aromatic nitrogens is 1. The highest BCUT2D eigenvalue weighted by atomic mass is 32.1. The lowest BCUT2D eigenvalue weighted by Crippen LogP contribution is -1.99. The third kappa shape index (κ3) is 2.05. The summed E-state index contributed by atoms with van der Waals surface area (Å²) < 4.78 is 1.30. The van der Waals surface area contributed by atoms with E-state index in [9.17, 15) is 0 Å². The third-order valence-corrected chi connectivity index (χ3v) is 5.73. The van der Waals surface area contributed by atoms with Crippen LogP contribution in [0.2, 0.25) is 0 Å². The first-order valence-electron chi connectivity index (χ1n) is 6.57. The van der Waals surface area contributed by atoms with Gasteiger partial charge in [0.1, 0.15) is 5.82 Å². The molecule has 1 aliphatic rings. The van der Waals surface area contributed by atoms with Crippen LogP contribution in [0.15, 0.2) is 29.8 Å². The van der Waals surface area contributed by atoms with Crippen LogP contribution >= 0.6 is 22.7 Å². The maximum atomic E-state index is 4.46.